The Morgan fingerprint density at radius 1 is 1.09 bits per heavy atom. The number of amides is 1. The summed E-state index contributed by atoms with van der Waals surface area (Å²) in [7, 11) is -2.29. The Balaban J connectivity index is 1.31. The molecule has 0 spiro atoms. The Kier molecular flexibility index (Phi) is 7.30. The number of piperazine rings is 1. The molecule has 0 unspecified atom stereocenters. The molecule has 180 valence electrons. The van der Waals surface area contributed by atoms with Crippen LogP contribution in [0.5, 0.6) is 5.75 Å². The lowest BCUT2D eigenvalue weighted by molar-refractivity contribution is 0.0628. The van der Waals surface area contributed by atoms with Crippen molar-refractivity contribution in [3.63, 3.8) is 0 Å². The Bertz CT molecular complexity index is 1220. The van der Waals surface area contributed by atoms with Gasteiger partial charge in [0.05, 0.1) is 24.8 Å². The molecule has 1 fully saturated rings. The average molecular weight is 488 g/mol. The maximum Gasteiger partial charge on any atom is 0.253 e. The second-order valence-electron chi connectivity index (χ2n) is 7.97. The molecular formula is C24H26FN3O5S. The molecule has 0 atom stereocenters. The fourth-order valence-corrected chi connectivity index (χ4v) is 4.79. The highest BCUT2D eigenvalue weighted by Gasteiger charge is 2.23. The molecule has 1 N–H and O–H groups in total. The second kappa shape index (κ2) is 10.4. The monoisotopic (exact) mass is 487 g/mol. The summed E-state index contributed by atoms with van der Waals surface area (Å²) in [5, 5.41) is 0. The smallest absolute Gasteiger partial charge is 0.253 e. The first-order valence-electron chi connectivity index (χ1n) is 10.8. The molecule has 8 nitrogen and oxygen atoms in total. The van der Waals surface area contributed by atoms with E-state index in [1.54, 1.807) is 23.1 Å². The molecule has 2 heterocycles. The number of hydrogen-bond donors (Lipinski definition) is 1. The zero-order chi connectivity index (χ0) is 24.1. The van der Waals surface area contributed by atoms with Gasteiger partial charge in [0.2, 0.25) is 10.0 Å². The number of nitrogens with zero attached hydrogens (tertiary/aromatic N) is 2. The van der Waals surface area contributed by atoms with Crippen LogP contribution in [0.4, 0.5) is 4.39 Å². The van der Waals surface area contributed by atoms with Crippen molar-refractivity contribution < 1.29 is 26.8 Å². The van der Waals surface area contributed by atoms with Gasteiger partial charge in [0.1, 0.15) is 5.76 Å². The molecule has 34 heavy (non-hydrogen) atoms. The molecule has 0 radical (unpaired) electrons. The fourth-order valence-electron chi connectivity index (χ4n) is 3.80. The van der Waals surface area contributed by atoms with E-state index in [1.165, 1.54) is 43.7 Å². The molecular weight excluding hydrogens is 461 g/mol. The zero-order valence-electron chi connectivity index (χ0n) is 18.7. The summed E-state index contributed by atoms with van der Waals surface area (Å²) in [6, 6.07) is 14.2. The van der Waals surface area contributed by atoms with Crippen LogP contribution in [0.25, 0.3) is 0 Å². The van der Waals surface area contributed by atoms with Crippen molar-refractivity contribution in [1.82, 2.24) is 14.5 Å². The maximum atomic E-state index is 13.9. The van der Waals surface area contributed by atoms with Gasteiger partial charge in [-0.15, -0.1) is 0 Å². The number of halogens is 1. The molecule has 1 aromatic heterocycles. The minimum Gasteiger partial charge on any atom is -0.494 e. The first-order valence-corrected chi connectivity index (χ1v) is 12.3. The van der Waals surface area contributed by atoms with Crippen molar-refractivity contribution in [3.8, 4) is 5.75 Å². The van der Waals surface area contributed by atoms with Crippen molar-refractivity contribution in [2.45, 2.75) is 18.0 Å². The first kappa shape index (κ1) is 23.9. The van der Waals surface area contributed by atoms with Crippen molar-refractivity contribution in [3.05, 3.63) is 83.6 Å². The summed E-state index contributed by atoms with van der Waals surface area (Å²) in [6.45, 7) is 3.00. The quantitative estimate of drug-likeness (QED) is 0.525. The SMILES string of the molecule is COc1ccc(CN2CCN(C(=O)c3ccc(S(=O)(=O)NCc4ccco4)cc3)CC2)cc1F. The number of furan rings is 1. The van der Waals surface area contributed by atoms with E-state index >= 15 is 0 Å². The van der Waals surface area contributed by atoms with Gasteiger partial charge in [-0.05, 0) is 54.1 Å². The average Bonchev–Trinajstić information content (AvgIpc) is 3.37. The Morgan fingerprint density at radius 3 is 2.44 bits per heavy atom. The van der Waals surface area contributed by atoms with Crippen LogP contribution in [-0.4, -0.2) is 57.4 Å². The Morgan fingerprint density at radius 2 is 1.82 bits per heavy atom. The lowest BCUT2D eigenvalue weighted by Crippen LogP contribution is -2.48. The number of carbonyl (C=O) groups excluding carboxylic acids is 1. The Labute approximate surface area is 198 Å². The number of hydrogen-bond acceptors (Lipinski definition) is 6. The third-order valence-electron chi connectivity index (χ3n) is 5.71. The number of sulfonamides is 1. The number of carbonyl (C=O) groups is 1. The summed E-state index contributed by atoms with van der Waals surface area (Å²) in [4.78, 5) is 16.9. The molecule has 1 aliphatic rings. The topological polar surface area (TPSA) is 92.1 Å². The van der Waals surface area contributed by atoms with Gasteiger partial charge in [0, 0.05) is 38.3 Å². The number of ether oxygens (including phenoxy) is 1. The fraction of sp³-hybridized carbons (Fsp3) is 0.292. The van der Waals surface area contributed by atoms with E-state index in [0.29, 0.717) is 44.0 Å². The van der Waals surface area contributed by atoms with E-state index in [-0.39, 0.29) is 23.1 Å². The summed E-state index contributed by atoms with van der Waals surface area (Å²) in [6.07, 6.45) is 1.47. The molecule has 1 amide bonds. The second-order valence-corrected chi connectivity index (χ2v) is 9.73. The normalized spacial score (nSPS) is 14.8. The lowest BCUT2D eigenvalue weighted by atomic mass is 10.1. The predicted octanol–water partition coefficient (Wildman–Crippen LogP) is 2.86. The van der Waals surface area contributed by atoms with Crippen molar-refractivity contribution >= 4 is 15.9 Å². The van der Waals surface area contributed by atoms with E-state index < -0.39 is 15.8 Å². The summed E-state index contributed by atoms with van der Waals surface area (Å²) >= 11 is 0. The maximum absolute atomic E-state index is 13.9. The summed E-state index contributed by atoms with van der Waals surface area (Å²) in [5.74, 6) is 0.177. The highest BCUT2D eigenvalue weighted by molar-refractivity contribution is 7.89. The van der Waals surface area contributed by atoms with Crippen LogP contribution in [0.3, 0.4) is 0 Å². The lowest BCUT2D eigenvalue weighted by Gasteiger charge is -2.34. The first-order chi connectivity index (χ1) is 16.4. The van der Waals surface area contributed by atoms with E-state index in [9.17, 15) is 17.6 Å². The van der Waals surface area contributed by atoms with Crippen molar-refractivity contribution in [2.24, 2.45) is 0 Å². The molecule has 10 heteroatoms. The van der Waals surface area contributed by atoms with Crippen LogP contribution in [-0.2, 0) is 23.1 Å². The standard InChI is InChI=1S/C24H26FN3O5S/c1-32-23-9-4-18(15-22(23)25)17-27-10-12-28(13-11-27)24(29)19-5-7-21(8-6-19)34(30,31)26-16-20-3-2-14-33-20/h2-9,14-15,26H,10-13,16-17H2,1H3. The van der Waals surface area contributed by atoms with Gasteiger partial charge in [-0.3, -0.25) is 9.69 Å². The van der Waals surface area contributed by atoms with Crippen molar-refractivity contribution in [2.75, 3.05) is 33.3 Å². The van der Waals surface area contributed by atoms with Gasteiger partial charge in [0.25, 0.3) is 5.91 Å². The molecule has 0 saturated carbocycles. The minimum atomic E-state index is -3.72. The van der Waals surface area contributed by atoms with E-state index in [2.05, 4.69) is 9.62 Å². The molecule has 0 aliphatic carbocycles. The number of benzene rings is 2. The zero-order valence-corrected chi connectivity index (χ0v) is 19.6. The van der Waals surface area contributed by atoms with Gasteiger partial charge in [-0.25, -0.2) is 17.5 Å². The van der Waals surface area contributed by atoms with Crippen molar-refractivity contribution in [1.29, 1.82) is 0 Å². The highest BCUT2D eigenvalue weighted by Crippen LogP contribution is 2.20. The van der Waals surface area contributed by atoms with Crippen LogP contribution in [0, 0.1) is 5.82 Å². The molecule has 1 aliphatic heterocycles. The van der Waals surface area contributed by atoms with Crippen LogP contribution in [0.15, 0.2) is 70.2 Å². The minimum absolute atomic E-state index is 0.0451. The van der Waals surface area contributed by atoms with E-state index in [1.807, 2.05) is 6.07 Å². The predicted molar refractivity (Wildman–Crippen MR) is 123 cm³/mol. The highest BCUT2D eigenvalue weighted by atomic mass is 32.2. The van der Waals surface area contributed by atoms with Crippen LogP contribution < -0.4 is 9.46 Å². The number of nitrogens with one attached hydrogen (secondary N) is 1. The Hall–Kier alpha value is -3.21. The van der Waals surface area contributed by atoms with Crippen LogP contribution in [0.2, 0.25) is 0 Å². The van der Waals surface area contributed by atoms with Gasteiger partial charge in [-0.1, -0.05) is 6.07 Å². The molecule has 0 bridgehead atoms. The van der Waals surface area contributed by atoms with E-state index in [0.717, 1.165) is 5.56 Å². The number of methoxy groups -OCH3 is 1. The van der Waals surface area contributed by atoms with Gasteiger partial charge >= 0.3 is 0 Å². The summed E-state index contributed by atoms with van der Waals surface area (Å²) < 4.78 is 51.4. The molecule has 3 aromatic rings. The third kappa shape index (κ3) is 5.64. The molecule has 2 aromatic carbocycles. The van der Waals surface area contributed by atoms with Gasteiger partial charge in [-0.2, -0.15) is 0 Å². The largest absolute Gasteiger partial charge is 0.494 e. The van der Waals surface area contributed by atoms with Gasteiger partial charge in [0.15, 0.2) is 11.6 Å². The van der Waals surface area contributed by atoms with Crippen LogP contribution >= 0.6 is 0 Å². The van der Waals surface area contributed by atoms with Gasteiger partial charge < -0.3 is 14.1 Å². The van der Waals surface area contributed by atoms with Crippen LogP contribution in [0.1, 0.15) is 21.7 Å². The summed E-state index contributed by atoms with van der Waals surface area (Å²) in [5.41, 5.74) is 1.27. The molecule has 1 saturated heterocycles. The number of rotatable bonds is 8. The molecule has 4 rings (SSSR count). The third-order valence-corrected chi connectivity index (χ3v) is 7.13. The van der Waals surface area contributed by atoms with E-state index in [4.69, 9.17) is 9.15 Å².